The molecule has 0 fully saturated rings. The second kappa shape index (κ2) is 11.0. The molecule has 9 heteroatoms. The summed E-state index contributed by atoms with van der Waals surface area (Å²) in [7, 11) is 0. The SMILES string of the molecule is Oc1ccc(C2Oc3c(c(O)cc4c3C(c3ccc(O)cc3)C3c5cc(O)cc(O)c5C(c5ccc(O)cc5)C43)C2c2cc(O)cc(O)c2)cc1. The highest BCUT2D eigenvalue weighted by atomic mass is 16.5. The van der Waals surface area contributed by atoms with Gasteiger partial charge in [-0.25, -0.2) is 0 Å². The van der Waals surface area contributed by atoms with E-state index < -0.39 is 23.9 Å². The maximum absolute atomic E-state index is 12.1. The lowest BCUT2D eigenvalue weighted by molar-refractivity contribution is 0.220. The minimum Gasteiger partial charge on any atom is -0.508 e. The molecule has 9 nitrogen and oxygen atoms in total. The van der Waals surface area contributed by atoms with Gasteiger partial charge in [0.05, 0.1) is 5.92 Å². The summed E-state index contributed by atoms with van der Waals surface area (Å²) >= 11 is 0. The van der Waals surface area contributed by atoms with Gasteiger partial charge >= 0.3 is 0 Å². The van der Waals surface area contributed by atoms with Crippen molar-refractivity contribution >= 4 is 0 Å². The molecule has 0 spiro atoms. The van der Waals surface area contributed by atoms with Crippen molar-refractivity contribution in [3.05, 3.63) is 159 Å². The number of phenolic OH excluding ortho intramolecular Hbond substituents is 8. The van der Waals surface area contributed by atoms with Gasteiger partial charge in [-0.3, -0.25) is 0 Å². The molecular formula is C42H32O9. The summed E-state index contributed by atoms with van der Waals surface area (Å²) in [6.45, 7) is 0. The number of hydrogen-bond acceptors (Lipinski definition) is 9. The number of fused-ring (bicyclic) bond motifs is 7. The van der Waals surface area contributed by atoms with Gasteiger partial charge in [0.1, 0.15) is 57.8 Å². The third-order valence-electron chi connectivity index (χ3n) is 10.9. The highest BCUT2D eigenvalue weighted by molar-refractivity contribution is 5.72. The van der Waals surface area contributed by atoms with E-state index in [-0.39, 0.29) is 57.8 Å². The fourth-order valence-electron chi connectivity index (χ4n) is 9.02. The monoisotopic (exact) mass is 680 g/mol. The third kappa shape index (κ3) is 4.61. The average Bonchev–Trinajstić information content (AvgIpc) is 3.75. The predicted octanol–water partition coefficient (Wildman–Crippen LogP) is 7.76. The van der Waals surface area contributed by atoms with Crippen molar-refractivity contribution in [2.24, 2.45) is 0 Å². The lowest BCUT2D eigenvalue weighted by Gasteiger charge is -2.24. The molecule has 3 aliphatic rings. The van der Waals surface area contributed by atoms with Gasteiger partial charge < -0.3 is 45.6 Å². The molecule has 6 aromatic rings. The predicted molar refractivity (Wildman–Crippen MR) is 186 cm³/mol. The molecule has 6 aromatic carbocycles. The van der Waals surface area contributed by atoms with Crippen LogP contribution in [0.2, 0.25) is 0 Å². The molecule has 1 aliphatic heterocycles. The molecule has 254 valence electrons. The zero-order valence-electron chi connectivity index (χ0n) is 26.8. The summed E-state index contributed by atoms with van der Waals surface area (Å²) in [4.78, 5) is 0. The van der Waals surface area contributed by atoms with Gasteiger partial charge in [-0.2, -0.15) is 0 Å². The van der Waals surface area contributed by atoms with Crippen molar-refractivity contribution in [3.8, 4) is 51.7 Å². The lowest BCUT2D eigenvalue weighted by Crippen LogP contribution is -2.12. The summed E-state index contributed by atoms with van der Waals surface area (Å²) in [6, 6.07) is 29.2. The first-order valence-corrected chi connectivity index (χ1v) is 16.6. The summed E-state index contributed by atoms with van der Waals surface area (Å²) in [5, 5.41) is 86.1. The normalized spacial score (nSPS) is 22.5. The van der Waals surface area contributed by atoms with Crippen LogP contribution >= 0.6 is 0 Å². The van der Waals surface area contributed by atoms with E-state index in [0.29, 0.717) is 28.0 Å². The van der Waals surface area contributed by atoms with E-state index in [4.69, 9.17) is 4.74 Å². The fourth-order valence-corrected chi connectivity index (χ4v) is 9.02. The maximum atomic E-state index is 12.1. The van der Waals surface area contributed by atoms with Crippen LogP contribution in [0.4, 0.5) is 0 Å². The number of phenols is 8. The largest absolute Gasteiger partial charge is 0.508 e. The first-order chi connectivity index (χ1) is 24.6. The van der Waals surface area contributed by atoms with Crippen LogP contribution in [0.15, 0.2) is 109 Å². The molecule has 8 N–H and O–H groups in total. The molecule has 51 heavy (non-hydrogen) atoms. The minimum atomic E-state index is -0.742. The van der Waals surface area contributed by atoms with Gasteiger partial charge in [-0.15, -0.1) is 0 Å². The van der Waals surface area contributed by atoms with Gasteiger partial charge in [-0.05, 0) is 94.0 Å². The van der Waals surface area contributed by atoms with E-state index in [0.717, 1.165) is 27.8 Å². The summed E-state index contributed by atoms with van der Waals surface area (Å²) in [5.74, 6) is -2.21. The Hall–Kier alpha value is -6.48. The Kier molecular flexibility index (Phi) is 6.60. The van der Waals surface area contributed by atoms with E-state index in [2.05, 4.69) is 0 Å². The van der Waals surface area contributed by atoms with Crippen LogP contribution < -0.4 is 4.74 Å². The number of rotatable bonds is 4. The fraction of sp³-hybridized carbons (Fsp3) is 0.143. The van der Waals surface area contributed by atoms with Crippen LogP contribution in [0.25, 0.3) is 0 Å². The van der Waals surface area contributed by atoms with Crippen molar-refractivity contribution in [1.82, 2.24) is 0 Å². The van der Waals surface area contributed by atoms with Crippen LogP contribution in [0, 0.1) is 0 Å². The first-order valence-electron chi connectivity index (χ1n) is 16.6. The van der Waals surface area contributed by atoms with Crippen LogP contribution in [-0.4, -0.2) is 40.9 Å². The van der Waals surface area contributed by atoms with Gasteiger partial charge in [0.15, 0.2) is 0 Å². The average molecular weight is 681 g/mol. The van der Waals surface area contributed by atoms with Crippen molar-refractivity contribution < 1.29 is 45.6 Å². The standard InChI is InChI=1S/C42H32O9/c43-23-7-1-19(2-8-23)33-36-29(16-28(48)17-31(36)49)37-34(20-3-9-24(44)10-4-20)39-30(38(33)37)18-32(50)40-35(22-13-26(46)15-27(47)14-22)41(51-42(39)40)21-5-11-25(45)12-6-21/h1-18,33-35,37-38,41,43-50H. The zero-order chi connectivity index (χ0) is 35.3. The first kappa shape index (κ1) is 30.6. The van der Waals surface area contributed by atoms with E-state index in [1.54, 1.807) is 72.8 Å². The van der Waals surface area contributed by atoms with Crippen LogP contribution in [0.1, 0.15) is 85.8 Å². The van der Waals surface area contributed by atoms with Crippen molar-refractivity contribution in [1.29, 1.82) is 0 Å². The van der Waals surface area contributed by atoms with Crippen LogP contribution in [0.5, 0.6) is 51.7 Å². The molecule has 0 aromatic heterocycles. The van der Waals surface area contributed by atoms with E-state index in [9.17, 15) is 40.9 Å². The molecule has 0 amide bonds. The topological polar surface area (TPSA) is 171 Å². The van der Waals surface area contributed by atoms with Crippen molar-refractivity contribution in [2.45, 2.75) is 35.7 Å². The molecule has 0 radical (unpaired) electrons. The number of ether oxygens (including phenoxy) is 1. The van der Waals surface area contributed by atoms with Gasteiger partial charge in [-0.1, -0.05) is 36.4 Å². The number of benzene rings is 6. The maximum Gasteiger partial charge on any atom is 0.135 e. The van der Waals surface area contributed by atoms with Gasteiger partial charge in [0.25, 0.3) is 0 Å². The lowest BCUT2D eigenvalue weighted by atomic mass is 9.79. The highest BCUT2D eigenvalue weighted by Crippen LogP contribution is 2.71. The zero-order valence-corrected chi connectivity index (χ0v) is 26.8. The molecule has 0 bridgehead atoms. The summed E-state index contributed by atoms with van der Waals surface area (Å²) < 4.78 is 6.95. The summed E-state index contributed by atoms with van der Waals surface area (Å²) in [5.41, 5.74) is 6.21. The number of hydrogen-bond donors (Lipinski definition) is 8. The van der Waals surface area contributed by atoms with E-state index >= 15 is 0 Å². The van der Waals surface area contributed by atoms with Gasteiger partial charge in [0, 0.05) is 52.5 Å². The Morgan fingerprint density at radius 1 is 0.353 bits per heavy atom. The highest BCUT2D eigenvalue weighted by Gasteiger charge is 2.56. The summed E-state index contributed by atoms with van der Waals surface area (Å²) in [6.07, 6.45) is -0.742. The quantitative estimate of drug-likeness (QED) is 0.0927. The molecular weight excluding hydrogens is 648 g/mol. The Balaban J connectivity index is 1.34. The van der Waals surface area contributed by atoms with Crippen LogP contribution in [-0.2, 0) is 0 Å². The Morgan fingerprint density at radius 3 is 1.35 bits per heavy atom. The third-order valence-corrected chi connectivity index (χ3v) is 10.9. The second-order valence-electron chi connectivity index (χ2n) is 13.7. The molecule has 6 unspecified atom stereocenters. The second-order valence-corrected chi connectivity index (χ2v) is 13.7. The molecule has 0 saturated heterocycles. The molecule has 2 aliphatic carbocycles. The molecule has 1 heterocycles. The molecule has 9 rings (SSSR count). The van der Waals surface area contributed by atoms with Crippen molar-refractivity contribution in [3.63, 3.8) is 0 Å². The van der Waals surface area contributed by atoms with E-state index in [1.165, 1.54) is 24.3 Å². The molecule has 6 atom stereocenters. The smallest absolute Gasteiger partial charge is 0.135 e. The van der Waals surface area contributed by atoms with Gasteiger partial charge in [0.2, 0.25) is 0 Å². The van der Waals surface area contributed by atoms with Crippen molar-refractivity contribution in [2.75, 3.05) is 0 Å². The Labute approximate surface area is 291 Å². The number of aromatic hydroxyl groups is 8. The minimum absolute atomic E-state index is 0.0598. The molecule has 0 saturated carbocycles. The van der Waals surface area contributed by atoms with Crippen LogP contribution in [0.3, 0.4) is 0 Å². The Morgan fingerprint density at radius 2 is 0.804 bits per heavy atom. The Bertz CT molecular complexity index is 2330. The van der Waals surface area contributed by atoms with E-state index in [1.807, 2.05) is 12.1 Å².